The Hall–Kier alpha value is -4.39. The summed E-state index contributed by atoms with van der Waals surface area (Å²) < 4.78 is 3.38. The van der Waals surface area contributed by atoms with Crippen LogP contribution in [0.4, 0.5) is 0 Å². The number of para-hydroxylation sites is 3. The highest BCUT2D eigenvalue weighted by atomic mass is 16.3. The molecule has 3 aromatic carbocycles. The molecule has 0 fully saturated rings. The zero-order valence-electron chi connectivity index (χ0n) is 16.8. The molecule has 7 nitrogen and oxygen atoms in total. The minimum absolute atomic E-state index is 0.0972. The molecular weight excluding hydrogens is 392 g/mol. The van der Waals surface area contributed by atoms with E-state index >= 15 is 0 Å². The minimum atomic E-state index is -0.571. The first-order chi connectivity index (χ1) is 15.1. The van der Waals surface area contributed by atoms with Gasteiger partial charge >= 0.3 is 0 Å². The predicted molar refractivity (Wildman–Crippen MR) is 119 cm³/mol. The van der Waals surface area contributed by atoms with Gasteiger partial charge in [-0.25, -0.2) is 14.8 Å². The molecule has 31 heavy (non-hydrogen) atoms. The Morgan fingerprint density at radius 3 is 2.03 bits per heavy atom. The SMILES string of the molecule is Cc1c(/C=N\NC(=O)c2ccccc2O)c(=O)n(-c2ccccc2)n1-c1ccccc1. The number of nitrogens with zero attached hydrogens (tertiary/aromatic N) is 3. The number of benzene rings is 3. The fraction of sp³-hybridized carbons (Fsp3) is 0.0417. The molecule has 4 aromatic rings. The molecule has 0 spiro atoms. The van der Waals surface area contributed by atoms with E-state index in [0.29, 0.717) is 16.9 Å². The topological polar surface area (TPSA) is 88.6 Å². The van der Waals surface area contributed by atoms with Crippen molar-refractivity contribution in [2.75, 3.05) is 0 Å². The van der Waals surface area contributed by atoms with Gasteiger partial charge in [0.15, 0.2) is 0 Å². The van der Waals surface area contributed by atoms with Crippen LogP contribution in [-0.4, -0.2) is 26.6 Å². The van der Waals surface area contributed by atoms with Crippen LogP contribution in [-0.2, 0) is 0 Å². The van der Waals surface area contributed by atoms with Crippen molar-refractivity contribution in [3.05, 3.63) is 112 Å². The van der Waals surface area contributed by atoms with Crippen molar-refractivity contribution in [1.82, 2.24) is 14.8 Å². The Labute approximate surface area is 178 Å². The molecular formula is C24H20N4O3. The van der Waals surface area contributed by atoms with Crippen molar-refractivity contribution in [1.29, 1.82) is 0 Å². The molecule has 1 amide bonds. The number of hydrogen-bond donors (Lipinski definition) is 2. The van der Waals surface area contributed by atoms with Crippen molar-refractivity contribution in [2.45, 2.75) is 6.92 Å². The second kappa shape index (κ2) is 8.54. The molecule has 2 N–H and O–H groups in total. The number of aromatic nitrogens is 2. The van der Waals surface area contributed by atoms with Crippen molar-refractivity contribution in [2.24, 2.45) is 5.10 Å². The summed E-state index contributed by atoms with van der Waals surface area (Å²) in [7, 11) is 0. The number of phenolic OH excluding ortho intramolecular Hbond substituents is 1. The number of aromatic hydroxyl groups is 1. The first-order valence-electron chi connectivity index (χ1n) is 9.65. The number of hydrogen-bond acceptors (Lipinski definition) is 4. The summed E-state index contributed by atoms with van der Waals surface area (Å²) in [6.07, 6.45) is 1.33. The molecule has 0 radical (unpaired) electrons. The third-order valence-electron chi connectivity index (χ3n) is 4.84. The Kier molecular flexibility index (Phi) is 5.49. The van der Waals surface area contributed by atoms with Crippen LogP contribution in [0.2, 0.25) is 0 Å². The zero-order valence-corrected chi connectivity index (χ0v) is 16.8. The van der Waals surface area contributed by atoms with Gasteiger partial charge in [-0.3, -0.25) is 9.59 Å². The van der Waals surface area contributed by atoms with Gasteiger partial charge in [-0.15, -0.1) is 0 Å². The quantitative estimate of drug-likeness (QED) is 0.389. The summed E-state index contributed by atoms with van der Waals surface area (Å²) in [6.45, 7) is 1.82. The third kappa shape index (κ3) is 3.89. The third-order valence-corrected chi connectivity index (χ3v) is 4.84. The second-order valence-corrected chi connectivity index (χ2v) is 6.82. The predicted octanol–water partition coefficient (Wildman–Crippen LogP) is 3.41. The van der Waals surface area contributed by atoms with E-state index in [4.69, 9.17) is 0 Å². The summed E-state index contributed by atoms with van der Waals surface area (Å²) in [5.74, 6) is -0.717. The standard InChI is InChI=1S/C24H20N4O3/c1-17-21(16-25-26-23(30)20-14-8-9-15-22(20)29)24(31)28(19-12-6-3-7-13-19)27(17)18-10-4-2-5-11-18/h2-16,29H,1H3,(H,26,30)/b25-16-. The Balaban J connectivity index is 1.75. The molecule has 0 aliphatic carbocycles. The molecule has 0 atom stereocenters. The summed E-state index contributed by atoms with van der Waals surface area (Å²) >= 11 is 0. The molecule has 0 bridgehead atoms. The summed E-state index contributed by atoms with van der Waals surface area (Å²) in [4.78, 5) is 25.5. The second-order valence-electron chi connectivity index (χ2n) is 6.82. The van der Waals surface area contributed by atoms with Gasteiger partial charge in [-0.05, 0) is 43.3 Å². The smallest absolute Gasteiger partial charge is 0.280 e. The van der Waals surface area contributed by atoms with Crippen LogP contribution in [0.3, 0.4) is 0 Å². The van der Waals surface area contributed by atoms with Gasteiger partial charge in [-0.1, -0.05) is 48.5 Å². The van der Waals surface area contributed by atoms with Gasteiger partial charge in [0.05, 0.1) is 34.4 Å². The minimum Gasteiger partial charge on any atom is -0.507 e. The van der Waals surface area contributed by atoms with Crippen LogP contribution >= 0.6 is 0 Å². The lowest BCUT2D eigenvalue weighted by Crippen LogP contribution is -2.22. The highest BCUT2D eigenvalue weighted by Crippen LogP contribution is 2.17. The molecule has 0 aliphatic rings. The van der Waals surface area contributed by atoms with E-state index in [-0.39, 0.29) is 16.9 Å². The lowest BCUT2D eigenvalue weighted by atomic mass is 10.2. The Bertz CT molecular complexity index is 1310. The van der Waals surface area contributed by atoms with E-state index in [1.807, 2.05) is 72.3 Å². The average molecular weight is 412 g/mol. The monoisotopic (exact) mass is 412 g/mol. The molecule has 0 aliphatic heterocycles. The fourth-order valence-corrected chi connectivity index (χ4v) is 3.33. The van der Waals surface area contributed by atoms with E-state index in [1.54, 1.807) is 16.8 Å². The molecule has 4 rings (SSSR count). The van der Waals surface area contributed by atoms with E-state index in [2.05, 4.69) is 10.5 Å². The van der Waals surface area contributed by atoms with Gasteiger partial charge in [-0.2, -0.15) is 5.10 Å². The molecule has 1 aromatic heterocycles. The van der Waals surface area contributed by atoms with Crippen LogP contribution in [0.25, 0.3) is 11.4 Å². The molecule has 1 heterocycles. The number of hydrazone groups is 1. The van der Waals surface area contributed by atoms with Crippen LogP contribution in [0.5, 0.6) is 5.75 Å². The van der Waals surface area contributed by atoms with Crippen molar-refractivity contribution in [3.8, 4) is 17.1 Å². The summed E-state index contributed by atoms with van der Waals surface area (Å²) in [5, 5.41) is 13.8. The highest BCUT2D eigenvalue weighted by molar-refractivity contribution is 5.97. The Morgan fingerprint density at radius 2 is 1.42 bits per heavy atom. The molecule has 0 saturated heterocycles. The summed E-state index contributed by atoms with van der Waals surface area (Å²) in [5.41, 5.74) is 4.72. The van der Waals surface area contributed by atoms with E-state index in [0.717, 1.165) is 5.69 Å². The van der Waals surface area contributed by atoms with Crippen LogP contribution in [0, 0.1) is 6.92 Å². The van der Waals surface area contributed by atoms with Gasteiger partial charge in [0.1, 0.15) is 5.75 Å². The lowest BCUT2D eigenvalue weighted by Gasteiger charge is -2.13. The van der Waals surface area contributed by atoms with Crippen LogP contribution in [0.15, 0.2) is 94.8 Å². The van der Waals surface area contributed by atoms with Gasteiger partial charge < -0.3 is 5.11 Å². The largest absolute Gasteiger partial charge is 0.507 e. The maximum Gasteiger partial charge on any atom is 0.280 e. The van der Waals surface area contributed by atoms with Crippen LogP contribution in [0.1, 0.15) is 21.6 Å². The molecule has 0 saturated carbocycles. The normalized spacial score (nSPS) is 11.0. The number of phenols is 1. The average Bonchev–Trinajstić information content (AvgIpc) is 3.05. The maximum absolute atomic E-state index is 13.3. The Morgan fingerprint density at radius 1 is 0.871 bits per heavy atom. The number of amides is 1. The van der Waals surface area contributed by atoms with E-state index in [1.165, 1.54) is 18.3 Å². The molecule has 7 heteroatoms. The molecule has 154 valence electrons. The fourth-order valence-electron chi connectivity index (χ4n) is 3.33. The van der Waals surface area contributed by atoms with Crippen molar-refractivity contribution in [3.63, 3.8) is 0 Å². The van der Waals surface area contributed by atoms with Crippen molar-refractivity contribution >= 4 is 12.1 Å². The first-order valence-corrected chi connectivity index (χ1v) is 9.65. The number of carbonyl (C=O) groups is 1. The maximum atomic E-state index is 13.3. The van der Waals surface area contributed by atoms with E-state index in [9.17, 15) is 14.7 Å². The van der Waals surface area contributed by atoms with E-state index < -0.39 is 5.91 Å². The van der Waals surface area contributed by atoms with Crippen LogP contribution < -0.4 is 11.0 Å². The van der Waals surface area contributed by atoms with Gasteiger partial charge in [0.25, 0.3) is 11.5 Å². The number of carbonyl (C=O) groups excluding carboxylic acids is 1. The highest BCUT2D eigenvalue weighted by Gasteiger charge is 2.18. The number of rotatable bonds is 5. The number of nitrogens with one attached hydrogen (secondary N) is 1. The zero-order chi connectivity index (χ0) is 21.8. The van der Waals surface area contributed by atoms with Gasteiger partial charge in [0, 0.05) is 0 Å². The first kappa shape index (κ1) is 19.9. The molecule has 0 unspecified atom stereocenters. The van der Waals surface area contributed by atoms with Crippen molar-refractivity contribution < 1.29 is 9.90 Å². The summed E-state index contributed by atoms with van der Waals surface area (Å²) in [6, 6.07) is 25.0. The lowest BCUT2D eigenvalue weighted by molar-refractivity contribution is 0.0952. The van der Waals surface area contributed by atoms with Gasteiger partial charge in [0.2, 0.25) is 0 Å².